The topological polar surface area (TPSA) is 69.6 Å². The van der Waals surface area contributed by atoms with Gasteiger partial charge < -0.3 is 14.7 Å². The molecule has 0 aliphatic carbocycles. The minimum Gasteiger partial charge on any atom is -0.368 e. The molecular formula is C26H28ClN5O2. The van der Waals surface area contributed by atoms with Crippen molar-refractivity contribution in [1.82, 2.24) is 19.8 Å². The fourth-order valence-corrected chi connectivity index (χ4v) is 4.18. The Morgan fingerprint density at radius 2 is 1.74 bits per heavy atom. The first-order valence-corrected chi connectivity index (χ1v) is 11.8. The summed E-state index contributed by atoms with van der Waals surface area (Å²) in [4.78, 5) is 40.4. The number of aryl methyl sites for hydroxylation is 1. The maximum atomic E-state index is 13.2. The second kappa shape index (κ2) is 11.1. The molecule has 3 aromatic rings. The highest BCUT2D eigenvalue weighted by molar-refractivity contribution is 6.30. The molecule has 2 amide bonds. The number of hydrogen-bond acceptors (Lipinski definition) is 5. The minimum atomic E-state index is -0.227. The molecule has 0 saturated carbocycles. The molecule has 0 radical (unpaired) electrons. The van der Waals surface area contributed by atoms with E-state index in [-0.39, 0.29) is 23.9 Å². The largest absolute Gasteiger partial charge is 0.368 e. The van der Waals surface area contributed by atoms with E-state index in [2.05, 4.69) is 14.9 Å². The molecule has 1 saturated heterocycles. The van der Waals surface area contributed by atoms with Crippen molar-refractivity contribution in [3.8, 4) is 0 Å². The molecule has 176 valence electrons. The van der Waals surface area contributed by atoms with Crippen molar-refractivity contribution in [3.63, 3.8) is 0 Å². The smallest absolute Gasteiger partial charge is 0.274 e. The normalized spacial score (nSPS) is 13.6. The maximum absolute atomic E-state index is 13.2. The lowest BCUT2D eigenvalue weighted by Gasteiger charge is -2.36. The van der Waals surface area contributed by atoms with E-state index in [0.717, 1.165) is 30.0 Å². The molecule has 1 aliphatic rings. The van der Waals surface area contributed by atoms with Gasteiger partial charge in [-0.15, -0.1) is 0 Å². The molecule has 34 heavy (non-hydrogen) atoms. The molecule has 0 spiro atoms. The summed E-state index contributed by atoms with van der Waals surface area (Å²) in [7, 11) is 0. The van der Waals surface area contributed by atoms with Gasteiger partial charge in [-0.1, -0.05) is 48.0 Å². The van der Waals surface area contributed by atoms with E-state index >= 15 is 0 Å². The van der Waals surface area contributed by atoms with Crippen LogP contribution in [0.5, 0.6) is 0 Å². The highest BCUT2D eigenvalue weighted by atomic mass is 35.5. The quantitative estimate of drug-likeness (QED) is 0.517. The Labute approximate surface area is 205 Å². The van der Waals surface area contributed by atoms with Gasteiger partial charge >= 0.3 is 0 Å². The summed E-state index contributed by atoms with van der Waals surface area (Å²) < 4.78 is 0. The zero-order chi connectivity index (χ0) is 23.9. The van der Waals surface area contributed by atoms with Crippen molar-refractivity contribution in [2.75, 3.05) is 37.6 Å². The van der Waals surface area contributed by atoms with Crippen LogP contribution < -0.4 is 4.90 Å². The average Bonchev–Trinajstić information content (AvgIpc) is 2.87. The first kappa shape index (κ1) is 23.7. The van der Waals surface area contributed by atoms with Crippen molar-refractivity contribution in [1.29, 1.82) is 0 Å². The second-order valence-electron chi connectivity index (χ2n) is 8.35. The monoisotopic (exact) mass is 477 g/mol. The van der Waals surface area contributed by atoms with Crippen LogP contribution in [0.15, 0.2) is 67.0 Å². The Balaban J connectivity index is 1.37. The fraction of sp³-hybridized carbons (Fsp3) is 0.308. The third-order valence-electron chi connectivity index (χ3n) is 5.90. The van der Waals surface area contributed by atoms with E-state index in [1.807, 2.05) is 66.4 Å². The molecule has 1 aliphatic heterocycles. The first-order chi connectivity index (χ1) is 16.5. The van der Waals surface area contributed by atoms with Gasteiger partial charge in [0.25, 0.3) is 5.91 Å². The van der Waals surface area contributed by atoms with Crippen LogP contribution in [-0.4, -0.2) is 64.3 Å². The molecule has 1 aromatic heterocycles. The van der Waals surface area contributed by atoms with Crippen LogP contribution in [-0.2, 0) is 11.3 Å². The van der Waals surface area contributed by atoms with Gasteiger partial charge in [0, 0.05) is 62.6 Å². The summed E-state index contributed by atoms with van der Waals surface area (Å²) in [6, 6.07) is 17.5. The van der Waals surface area contributed by atoms with E-state index in [9.17, 15) is 9.59 Å². The zero-order valence-electron chi connectivity index (χ0n) is 19.2. The van der Waals surface area contributed by atoms with E-state index in [0.29, 0.717) is 31.2 Å². The Morgan fingerprint density at radius 1 is 0.971 bits per heavy atom. The van der Waals surface area contributed by atoms with Gasteiger partial charge in [-0.05, 0) is 30.7 Å². The van der Waals surface area contributed by atoms with Gasteiger partial charge in [0.2, 0.25) is 5.91 Å². The summed E-state index contributed by atoms with van der Waals surface area (Å²) in [6.07, 6.45) is 3.33. The van der Waals surface area contributed by atoms with Crippen LogP contribution >= 0.6 is 11.6 Å². The fourth-order valence-electron chi connectivity index (χ4n) is 4.00. The van der Waals surface area contributed by atoms with Gasteiger partial charge in [-0.3, -0.25) is 14.6 Å². The molecule has 2 heterocycles. The highest BCUT2D eigenvalue weighted by Crippen LogP contribution is 2.21. The molecule has 1 fully saturated rings. The molecule has 8 heteroatoms. The predicted octanol–water partition coefficient (Wildman–Crippen LogP) is 3.82. The molecule has 0 N–H and O–H groups in total. The number of aromatic nitrogens is 2. The zero-order valence-corrected chi connectivity index (χ0v) is 20.0. The molecule has 0 bridgehead atoms. The van der Waals surface area contributed by atoms with Gasteiger partial charge in [-0.2, -0.15) is 0 Å². The Morgan fingerprint density at radius 3 is 2.41 bits per heavy atom. The number of hydrogen-bond donors (Lipinski definition) is 0. The number of halogens is 1. The van der Waals surface area contributed by atoms with Gasteiger partial charge in [0.15, 0.2) is 0 Å². The van der Waals surface area contributed by atoms with Crippen LogP contribution in [0.4, 0.5) is 5.69 Å². The standard InChI is InChI=1S/C26H28ClN5O2/c1-20-17-29-24(18-28-20)26(34)32(19-21-6-3-2-4-7-21)11-10-25(33)31-14-12-30(13-15-31)23-9-5-8-22(27)16-23/h2-9,16-18H,10-15,19H2,1H3. The number of benzene rings is 2. The lowest BCUT2D eigenvalue weighted by molar-refractivity contribution is -0.131. The van der Waals surface area contributed by atoms with Crippen molar-refractivity contribution < 1.29 is 9.59 Å². The lowest BCUT2D eigenvalue weighted by Crippen LogP contribution is -2.49. The minimum absolute atomic E-state index is 0.0478. The maximum Gasteiger partial charge on any atom is 0.274 e. The molecule has 0 unspecified atom stereocenters. The Kier molecular flexibility index (Phi) is 7.75. The number of carbonyl (C=O) groups excluding carboxylic acids is 2. The number of amides is 2. The highest BCUT2D eigenvalue weighted by Gasteiger charge is 2.24. The molecule has 0 atom stereocenters. The average molecular weight is 478 g/mol. The van der Waals surface area contributed by atoms with E-state index < -0.39 is 0 Å². The lowest BCUT2D eigenvalue weighted by atomic mass is 10.2. The van der Waals surface area contributed by atoms with Crippen molar-refractivity contribution in [2.45, 2.75) is 19.9 Å². The Hall–Kier alpha value is -3.45. The SMILES string of the molecule is Cc1cnc(C(=O)N(CCC(=O)N2CCN(c3cccc(Cl)c3)CC2)Cc2ccccc2)cn1. The van der Waals surface area contributed by atoms with Gasteiger partial charge in [-0.25, -0.2) is 4.98 Å². The number of piperazine rings is 1. The number of carbonyl (C=O) groups is 2. The van der Waals surface area contributed by atoms with Crippen LogP contribution in [0, 0.1) is 6.92 Å². The summed E-state index contributed by atoms with van der Waals surface area (Å²) in [5, 5.41) is 0.706. The Bertz CT molecular complexity index is 1120. The summed E-state index contributed by atoms with van der Waals surface area (Å²) in [5.74, 6) is -0.179. The van der Waals surface area contributed by atoms with Crippen molar-refractivity contribution in [2.24, 2.45) is 0 Å². The molecule has 7 nitrogen and oxygen atoms in total. The number of rotatable bonds is 7. The first-order valence-electron chi connectivity index (χ1n) is 11.4. The summed E-state index contributed by atoms with van der Waals surface area (Å²) >= 11 is 6.12. The van der Waals surface area contributed by atoms with Crippen LogP contribution in [0.2, 0.25) is 5.02 Å². The second-order valence-corrected chi connectivity index (χ2v) is 8.79. The van der Waals surface area contributed by atoms with Gasteiger partial charge in [0.05, 0.1) is 11.9 Å². The third kappa shape index (κ3) is 6.11. The number of anilines is 1. The van der Waals surface area contributed by atoms with E-state index in [1.54, 1.807) is 11.1 Å². The van der Waals surface area contributed by atoms with E-state index in [1.165, 1.54) is 6.20 Å². The van der Waals surface area contributed by atoms with Gasteiger partial charge in [0.1, 0.15) is 5.69 Å². The van der Waals surface area contributed by atoms with E-state index in [4.69, 9.17) is 11.6 Å². The van der Waals surface area contributed by atoms with Crippen LogP contribution in [0.1, 0.15) is 28.2 Å². The van der Waals surface area contributed by atoms with Crippen LogP contribution in [0.25, 0.3) is 0 Å². The number of nitrogens with zero attached hydrogens (tertiary/aromatic N) is 5. The summed E-state index contributed by atoms with van der Waals surface area (Å²) in [5.41, 5.74) is 3.10. The predicted molar refractivity (Wildman–Crippen MR) is 133 cm³/mol. The van der Waals surface area contributed by atoms with Crippen molar-refractivity contribution >= 4 is 29.1 Å². The third-order valence-corrected chi connectivity index (χ3v) is 6.14. The van der Waals surface area contributed by atoms with Crippen molar-refractivity contribution in [3.05, 3.63) is 89.0 Å². The summed E-state index contributed by atoms with van der Waals surface area (Å²) in [6.45, 7) is 5.33. The van der Waals surface area contributed by atoms with Crippen LogP contribution in [0.3, 0.4) is 0 Å². The molecular weight excluding hydrogens is 450 g/mol. The molecule has 4 rings (SSSR count). The molecule has 2 aromatic carbocycles.